The number of hydrogen-bond donors (Lipinski definition) is 2. The number of nitrogens with zero attached hydrogens (tertiary/aromatic N) is 1. The number of hydrogen-bond acceptors (Lipinski definition) is 4. The molecule has 1 aliphatic heterocycles. The van der Waals surface area contributed by atoms with Gasteiger partial charge in [-0.2, -0.15) is 0 Å². The van der Waals surface area contributed by atoms with Crippen molar-refractivity contribution in [3.63, 3.8) is 0 Å². The molecule has 4 rings (SSSR count). The maximum absolute atomic E-state index is 13.1. The van der Waals surface area contributed by atoms with E-state index in [-0.39, 0.29) is 18.4 Å². The van der Waals surface area contributed by atoms with Gasteiger partial charge in [-0.05, 0) is 42.7 Å². The van der Waals surface area contributed by atoms with Gasteiger partial charge < -0.3 is 10.6 Å². The highest BCUT2D eigenvalue weighted by molar-refractivity contribution is 7.10. The largest absolute Gasteiger partial charge is 0.354 e. The second-order valence-electron chi connectivity index (χ2n) is 6.92. The van der Waals surface area contributed by atoms with Crippen LogP contribution in [-0.2, 0) is 28.0 Å². The van der Waals surface area contributed by atoms with Crippen molar-refractivity contribution in [3.05, 3.63) is 57.8 Å². The monoisotopic (exact) mass is 383 g/mol. The van der Waals surface area contributed by atoms with Crippen LogP contribution in [0.2, 0.25) is 0 Å². The van der Waals surface area contributed by atoms with Gasteiger partial charge in [0.25, 0.3) is 5.91 Å². The third-order valence-electron chi connectivity index (χ3n) is 5.22. The van der Waals surface area contributed by atoms with Crippen molar-refractivity contribution >= 4 is 29.2 Å². The van der Waals surface area contributed by atoms with E-state index in [9.17, 15) is 14.4 Å². The van der Waals surface area contributed by atoms with Gasteiger partial charge in [-0.3, -0.25) is 14.5 Å². The first kappa shape index (κ1) is 17.7. The summed E-state index contributed by atoms with van der Waals surface area (Å²) in [6, 6.07) is 11.3. The Bertz CT molecular complexity index is 880. The molecule has 0 saturated carbocycles. The number of aryl methyl sites for hydroxylation is 1. The van der Waals surface area contributed by atoms with Gasteiger partial charge in [0.2, 0.25) is 5.91 Å². The van der Waals surface area contributed by atoms with E-state index >= 15 is 0 Å². The number of carbonyl (C=O) groups is 3. The van der Waals surface area contributed by atoms with E-state index in [1.165, 1.54) is 0 Å². The third-order valence-corrected chi connectivity index (χ3v) is 6.20. The number of fused-ring (bicyclic) bond motifs is 2. The van der Waals surface area contributed by atoms with Crippen LogP contribution in [0.15, 0.2) is 41.8 Å². The van der Waals surface area contributed by atoms with E-state index in [2.05, 4.69) is 10.6 Å². The van der Waals surface area contributed by atoms with Crippen molar-refractivity contribution in [1.82, 2.24) is 15.5 Å². The van der Waals surface area contributed by atoms with Crippen molar-refractivity contribution in [2.24, 2.45) is 0 Å². The van der Waals surface area contributed by atoms with Crippen LogP contribution in [0, 0.1) is 0 Å². The molecule has 1 spiro atoms. The molecule has 7 heteroatoms. The van der Waals surface area contributed by atoms with Gasteiger partial charge in [-0.1, -0.05) is 30.3 Å². The maximum atomic E-state index is 13.1. The second-order valence-corrected chi connectivity index (χ2v) is 7.92. The van der Waals surface area contributed by atoms with Crippen LogP contribution >= 0.6 is 11.3 Å². The summed E-state index contributed by atoms with van der Waals surface area (Å²) < 4.78 is 0. The molecule has 1 atom stereocenters. The van der Waals surface area contributed by atoms with Crippen molar-refractivity contribution in [1.29, 1.82) is 0 Å². The van der Waals surface area contributed by atoms with Crippen molar-refractivity contribution < 1.29 is 14.4 Å². The SMILES string of the molecule is O=C(CN1C(=O)N[C@@]2(CCCc3sccc32)C1=O)NCCc1ccccc1. The first-order valence-electron chi connectivity index (χ1n) is 9.12. The van der Waals surface area contributed by atoms with Gasteiger partial charge in [-0.25, -0.2) is 4.79 Å². The van der Waals surface area contributed by atoms with Gasteiger partial charge in [-0.15, -0.1) is 11.3 Å². The lowest BCUT2D eigenvalue weighted by molar-refractivity contribution is -0.135. The third kappa shape index (κ3) is 3.23. The normalized spacial score (nSPS) is 21.3. The Balaban J connectivity index is 1.39. The van der Waals surface area contributed by atoms with Gasteiger partial charge in [0, 0.05) is 17.0 Å². The molecule has 1 aromatic heterocycles. The van der Waals surface area contributed by atoms with Crippen LogP contribution in [0.3, 0.4) is 0 Å². The Morgan fingerprint density at radius 3 is 2.85 bits per heavy atom. The molecular formula is C20H21N3O3S. The van der Waals surface area contributed by atoms with Crippen LogP contribution in [-0.4, -0.2) is 35.8 Å². The summed E-state index contributed by atoms with van der Waals surface area (Å²) in [5.74, 6) is -0.641. The zero-order chi connectivity index (χ0) is 18.9. The predicted octanol–water partition coefficient (Wildman–Crippen LogP) is 2.19. The number of nitrogens with one attached hydrogen (secondary N) is 2. The summed E-state index contributed by atoms with van der Waals surface area (Å²) in [5, 5.41) is 7.61. The number of carbonyl (C=O) groups excluding carboxylic acids is 3. The fourth-order valence-corrected chi connectivity index (χ4v) is 4.88. The van der Waals surface area contributed by atoms with Crippen LogP contribution < -0.4 is 10.6 Å². The maximum Gasteiger partial charge on any atom is 0.325 e. The topological polar surface area (TPSA) is 78.5 Å². The van der Waals surface area contributed by atoms with E-state index in [0.717, 1.165) is 33.7 Å². The average molecular weight is 383 g/mol. The fourth-order valence-electron chi connectivity index (χ4n) is 3.88. The molecule has 4 amide bonds. The molecular weight excluding hydrogens is 362 g/mol. The summed E-state index contributed by atoms with van der Waals surface area (Å²) in [7, 11) is 0. The minimum atomic E-state index is -0.991. The fraction of sp³-hybridized carbons (Fsp3) is 0.350. The lowest BCUT2D eigenvalue weighted by Crippen LogP contribution is -2.46. The zero-order valence-electron chi connectivity index (χ0n) is 14.9. The van der Waals surface area contributed by atoms with Crippen molar-refractivity contribution in [3.8, 4) is 0 Å². The summed E-state index contributed by atoms with van der Waals surface area (Å²) in [5.41, 5.74) is 1.03. The first-order valence-corrected chi connectivity index (χ1v) is 10.00. The molecule has 1 fully saturated rings. The highest BCUT2D eigenvalue weighted by Crippen LogP contribution is 2.41. The number of urea groups is 1. The van der Waals surface area contributed by atoms with E-state index in [1.54, 1.807) is 11.3 Å². The Hall–Kier alpha value is -2.67. The minimum Gasteiger partial charge on any atom is -0.354 e. The van der Waals surface area contributed by atoms with Gasteiger partial charge >= 0.3 is 6.03 Å². The molecule has 0 radical (unpaired) electrons. The molecule has 6 nitrogen and oxygen atoms in total. The summed E-state index contributed by atoms with van der Waals surface area (Å²) in [4.78, 5) is 39.9. The molecule has 0 bridgehead atoms. The van der Waals surface area contributed by atoms with Crippen LogP contribution in [0.5, 0.6) is 0 Å². The van der Waals surface area contributed by atoms with E-state index in [1.807, 2.05) is 41.8 Å². The summed E-state index contributed by atoms with van der Waals surface area (Å²) >= 11 is 1.61. The molecule has 2 aliphatic rings. The first-order chi connectivity index (χ1) is 13.1. The lowest BCUT2D eigenvalue weighted by Gasteiger charge is -2.31. The smallest absolute Gasteiger partial charge is 0.325 e. The molecule has 0 unspecified atom stereocenters. The quantitative estimate of drug-likeness (QED) is 0.777. The number of amides is 4. The van der Waals surface area contributed by atoms with Crippen LogP contribution in [0.25, 0.3) is 0 Å². The van der Waals surface area contributed by atoms with E-state index in [0.29, 0.717) is 19.4 Å². The summed E-state index contributed by atoms with van der Waals surface area (Å²) in [6.07, 6.45) is 3.05. The average Bonchev–Trinajstić information content (AvgIpc) is 3.24. The predicted molar refractivity (Wildman–Crippen MR) is 102 cm³/mol. The van der Waals surface area contributed by atoms with Crippen LogP contribution in [0.4, 0.5) is 4.79 Å². The van der Waals surface area contributed by atoms with Crippen LogP contribution in [0.1, 0.15) is 28.8 Å². The molecule has 2 N–H and O–H groups in total. The molecule has 1 aliphatic carbocycles. The Kier molecular flexibility index (Phi) is 4.70. The minimum absolute atomic E-state index is 0.249. The lowest BCUT2D eigenvalue weighted by atomic mass is 9.80. The summed E-state index contributed by atoms with van der Waals surface area (Å²) in [6.45, 7) is 0.215. The molecule has 140 valence electrons. The van der Waals surface area contributed by atoms with Crippen molar-refractivity contribution in [2.45, 2.75) is 31.2 Å². The van der Waals surface area contributed by atoms with Crippen molar-refractivity contribution in [2.75, 3.05) is 13.1 Å². The van der Waals surface area contributed by atoms with Gasteiger partial charge in [0.05, 0.1) is 0 Å². The highest BCUT2D eigenvalue weighted by atomic mass is 32.1. The number of rotatable bonds is 5. The molecule has 1 aromatic carbocycles. The highest BCUT2D eigenvalue weighted by Gasteiger charge is 2.54. The Labute approximate surface area is 161 Å². The Morgan fingerprint density at radius 2 is 2.04 bits per heavy atom. The number of thiophene rings is 1. The molecule has 27 heavy (non-hydrogen) atoms. The van der Waals surface area contributed by atoms with E-state index < -0.39 is 11.6 Å². The van der Waals surface area contributed by atoms with Gasteiger partial charge in [0.1, 0.15) is 12.1 Å². The van der Waals surface area contributed by atoms with Gasteiger partial charge in [0.15, 0.2) is 0 Å². The molecule has 2 aromatic rings. The van der Waals surface area contributed by atoms with E-state index in [4.69, 9.17) is 0 Å². The second kappa shape index (κ2) is 7.15. The standard InChI is InChI=1S/C20H21N3O3S/c24-17(21-11-8-14-5-2-1-3-6-14)13-23-18(25)20(22-19(23)26)10-4-7-16-15(20)9-12-27-16/h1-3,5-6,9,12H,4,7-8,10-11,13H2,(H,21,24)(H,22,26)/t20-/m1/s1. The zero-order valence-corrected chi connectivity index (χ0v) is 15.7. The molecule has 2 heterocycles. The molecule has 1 saturated heterocycles. The Morgan fingerprint density at radius 1 is 1.22 bits per heavy atom. The number of imide groups is 1. The number of benzene rings is 1.